The monoisotopic (exact) mass is 580 g/mol. The summed E-state index contributed by atoms with van der Waals surface area (Å²) in [5.41, 5.74) is 1.78. The number of methoxy groups -OCH3 is 2. The predicted molar refractivity (Wildman–Crippen MR) is 164 cm³/mol. The highest BCUT2D eigenvalue weighted by Crippen LogP contribution is 2.39. The largest absolute Gasteiger partial charge is 0.493 e. The van der Waals surface area contributed by atoms with Crippen LogP contribution in [0.4, 0.5) is 4.79 Å². The van der Waals surface area contributed by atoms with Crippen molar-refractivity contribution in [2.75, 3.05) is 53.6 Å². The van der Waals surface area contributed by atoms with Gasteiger partial charge in [-0.2, -0.15) is 0 Å². The smallest absolute Gasteiger partial charge is 0.315 e. The molecule has 3 amide bonds. The Morgan fingerprint density at radius 3 is 2.50 bits per heavy atom. The lowest BCUT2D eigenvalue weighted by molar-refractivity contribution is 0.0650. The van der Waals surface area contributed by atoms with Gasteiger partial charge in [0.1, 0.15) is 0 Å². The zero-order valence-corrected chi connectivity index (χ0v) is 25.6. The highest BCUT2D eigenvalue weighted by Gasteiger charge is 2.43. The molecule has 9 nitrogen and oxygen atoms in total. The van der Waals surface area contributed by atoms with E-state index in [1.54, 1.807) is 32.4 Å². The summed E-state index contributed by atoms with van der Waals surface area (Å²) < 4.78 is 16.5. The molecule has 1 unspecified atom stereocenters. The Labute approximate surface area is 250 Å². The number of benzene rings is 2. The lowest BCUT2D eigenvalue weighted by atomic mass is 9.85. The molecule has 0 spiro atoms. The molecule has 2 fully saturated rings. The van der Waals surface area contributed by atoms with Gasteiger partial charge in [0.15, 0.2) is 11.5 Å². The van der Waals surface area contributed by atoms with Crippen LogP contribution in [-0.2, 0) is 11.2 Å². The van der Waals surface area contributed by atoms with Crippen molar-refractivity contribution in [3.8, 4) is 11.5 Å². The second kappa shape index (κ2) is 15.8. The normalized spacial score (nSPS) is 18.9. The van der Waals surface area contributed by atoms with Crippen LogP contribution in [0.15, 0.2) is 48.5 Å². The van der Waals surface area contributed by atoms with E-state index in [1.165, 1.54) is 5.56 Å². The summed E-state index contributed by atoms with van der Waals surface area (Å²) in [4.78, 5) is 28.7. The van der Waals surface area contributed by atoms with E-state index < -0.39 is 0 Å². The number of amides is 3. The van der Waals surface area contributed by atoms with Gasteiger partial charge in [-0.25, -0.2) is 4.79 Å². The summed E-state index contributed by atoms with van der Waals surface area (Å²) in [6, 6.07) is 15.5. The molecule has 1 heterocycles. The van der Waals surface area contributed by atoms with E-state index in [1.807, 2.05) is 23.1 Å². The van der Waals surface area contributed by atoms with E-state index in [-0.39, 0.29) is 35.9 Å². The molecule has 0 aromatic heterocycles. The number of hydrogen-bond acceptors (Lipinski definition) is 6. The Kier molecular flexibility index (Phi) is 11.9. The van der Waals surface area contributed by atoms with E-state index in [4.69, 9.17) is 14.2 Å². The third kappa shape index (κ3) is 8.85. The molecule has 1 aliphatic heterocycles. The van der Waals surface area contributed by atoms with Gasteiger partial charge in [-0.15, -0.1) is 0 Å². The van der Waals surface area contributed by atoms with Gasteiger partial charge >= 0.3 is 6.03 Å². The molecule has 2 aromatic carbocycles. The third-order valence-electron chi connectivity index (χ3n) is 8.30. The summed E-state index contributed by atoms with van der Waals surface area (Å²) in [7, 11) is 3.26. The molecule has 3 N–H and O–H groups in total. The maximum Gasteiger partial charge on any atom is 0.315 e. The zero-order chi connectivity index (χ0) is 29.9. The van der Waals surface area contributed by atoms with Gasteiger partial charge in [0, 0.05) is 64.0 Å². The van der Waals surface area contributed by atoms with Gasteiger partial charge in [0.05, 0.1) is 13.7 Å². The summed E-state index contributed by atoms with van der Waals surface area (Å²) in [5, 5.41) is 9.92. The van der Waals surface area contributed by atoms with Crippen LogP contribution in [0.25, 0.3) is 0 Å². The first-order valence-corrected chi connectivity index (χ1v) is 15.3. The van der Waals surface area contributed by atoms with Crippen molar-refractivity contribution in [2.45, 2.75) is 51.6 Å². The molecule has 1 saturated carbocycles. The van der Waals surface area contributed by atoms with Crippen molar-refractivity contribution in [1.82, 2.24) is 20.9 Å². The topological polar surface area (TPSA) is 101 Å². The lowest BCUT2D eigenvalue weighted by Crippen LogP contribution is -2.51. The van der Waals surface area contributed by atoms with Crippen LogP contribution in [0.5, 0.6) is 11.5 Å². The van der Waals surface area contributed by atoms with Gasteiger partial charge in [0.25, 0.3) is 5.91 Å². The molecule has 9 heteroatoms. The average Bonchev–Trinajstić information content (AvgIpc) is 3.74. The molecule has 42 heavy (non-hydrogen) atoms. The highest BCUT2D eigenvalue weighted by atomic mass is 16.5. The van der Waals surface area contributed by atoms with Crippen LogP contribution >= 0.6 is 0 Å². The van der Waals surface area contributed by atoms with E-state index in [9.17, 15) is 9.59 Å². The number of nitrogens with one attached hydrogen (secondary N) is 3. The Bertz CT molecular complexity index is 1140. The second-order valence-corrected chi connectivity index (χ2v) is 11.7. The van der Waals surface area contributed by atoms with Gasteiger partial charge in [-0.3, -0.25) is 4.79 Å². The number of carbonyl (C=O) groups excluding carboxylic acids is 2. The number of rotatable bonds is 16. The zero-order valence-electron chi connectivity index (χ0n) is 25.6. The Morgan fingerprint density at radius 2 is 1.81 bits per heavy atom. The van der Waals surface area contributed by atoms with E-state index in [0.717, 1.165) is 38.8 Å². The molecule has 4 rings (SSSR count). The highest BCUT2D eigenvalue weighted by molar-refractivity contribution is 5.95. The molecule has 2 aliphatic rings. The quantitative estimate of drug-likeness (QED) is 0.258. The average molecular weight is 581 g/mol. The molecule has 0 bridgehead atoms. The van der Waals surface area contributed by atoms with Crippen LogP contribution in [-0.4, -0.2) is 82.5 Å². The van der Waals surface area contributed by atoms with E-state index in [2.05, 4.69) is 41.9 Å². The predicted octanol–water partition coefficient (Wildman–Crippen LogP) is 4.12. The number of hydrogen-bond donors (Lipinski definition) is 3. The molecule has 0 radical (unpaired) electrons. The summed E-state index contributed by atoms with van der Waals surface area (Å²) in [5.74, 6) is 2.09. The van der Waals surface area contributed by atoms with Crippen molar-refractivity contribution < 1.29 is 23.8 Å². The fourth-order valence-corrected chi connectivity index (χ4v) is 5.83. The number of ether oxygens (including phenoxy) is 3. The minimum Gasteiger partial charge on any atom is -0.493 e. The fourth-order valence-electron chi connectivity index (χ4n) is 5.83. The first-order valence-electron chi connectivity index (χ1n) is 15.3. The van der Waals surface area contributed by atoms with Crippen molar-refractivity contribution >= 4 is 11.9 Å². The van der Waals surface area contributed by atoms with Crippen LogP contribution in [0.3, 0.4) is 0 Å². The number of nitrogens with zero attached hydrogens (tertiary/aromatic N) is 1. The minimum absolute atomic E-state index is 0.0144. The van der Waals surface area contributed by atoms with Crippen molar-refractivity contribution in [3.63, 3.8) is 0 Å². The van der Waals surface area contributed by atoms with Crippen LogP contribution in [0.1, 0.15) is 49.0 Å². The van der Waals surface area contributed by atoms with Crippen LogP contribution < -0.4 is 25.4 Å². The van der Waals surface area contributed by atoms with Gasteiger partial charge < -0.3 is 35.1 Å². The fraction of sp³-hybridized carbons (Fsp3) is 0.576. The van der Waals surface area contributed by atoms with Crippen molar-refractivity contribution in [1.29, 1.82) is 0 Å². The Hall–Kier alpha value is -3.30. The van der Waals surface area contributed by atoms with Crippen molar-refractivity contribution in [2.24, 2.45) is 17.8 Å². The number of carbonyl (C=O) groups is 2. The SMILES string of the molecule is COCCCOc1cc(C(=O)N(C[C@@H]2CNC[C@H]2C(NC(=O)NCCc2ccccc2)C2CC2)C(C)C)ccc1OC. The molecule has 2 aromatic rings. The maximum absolute atomic E-state index is 13.8. The Morgan fingerprint density at radius 1 is 1.02 bits per heavy atom. The summed E-state index contributed by atoms with van der Waals surface area (Å²) >= 11 is 0. The summed E-state index contributed by atoms with van der Waals surface area (Å²) in [6.45, 7) is 8.04. The molecule has 1 saturated heterocycles. The molecule has 230 valence electrons. The third-order valence-corrected chi connectivity index (χ3v) is 8.30. The standard InChI is InChI=1S/C33H48N4O5/c1-23(2)37(32(38)26-13-14-29(41-4)30(19-26)42-18-8-17-40-3)22-27-20-34-21-28(27)31(25-11-12-25)36-33(39)35-16-15-24-9-6-5-7-10-24/h5-7,9-10,13-14,19,23,25,27-28,31,34H,8,11-12,15-18,20-22H2,1-4H3,(H2,35,36,39)/t27-,28+,31?/m0/s1. The molecular weight excluding hydrogens is 532 g/mol. The molecule has 3 atom stereocenters. The number of urea groups is 1. The van der Waals surface area contributed by atoms with Gasteiger partial charge in [-0.05, 0) is 74.6 Å². The Balaban J connectivity index is 1.39. The second-order valence-electron chi connectivity index (χ2n) is 11.7. The van der Waals surface area contributed by atoms with E-state index >= 15 is 0 Å². The first kappa shape index (κ1) is 31.6. The lowest BCUT2D eigenvalue weighted by Gasteiger charge is -2.34. The van der Waals surface area contributed by atoms with Gasteiger partial charge in [-0.1, -0.05) is 30.3 Å². The van der Waals surface area contributed by atoms with Gasteiger partial charge in [0.2, 0.25) is 0 Å². The maximum atomic E-state index is 13.8. The minimum atomic E-state index is -0.110. The molecular formula is C33H48N4O5. The van der Waals surface area contributed by atoms with Crippen LogP contribution in [0, 0.1) is 17.8 Å². The van der Waals surface area contributed by atoms with E-state index in [0.29, 0.717) is 49.3 Å². The molecule has 1 aliphatic carbocycles. The van der Waals surface area contributed by atoms with Crippen LogP contribution in [0.2, 0.25) is 0 Å². The first-order chi connectivity index (χ1) is 20.4. The van der Waals surface area contributed by atoms with Crippen molar-refractivity contribution in [3.05, 3.63) is 59.7 Å². The summed E-state index contributed by atoms with van der Waals surface area (Å²) in [6.07, 6.45) is 3.80.